The van der Waals surface area contributed by atoms with Crippen LogP contribution in [-0.2, 0) is 0 Å². The summed E-state index contributed by atoms with van der Waals surface area (Å²) in [6.07, 6.45) is 6.54. The first-order chi connectivity index (χ1) is 7.33. The van der Waals surface area contributed by atoms with Gasteiger partial charge in [-0.3, -0.25) is 0 Å². The number of nitrogen functional groups attached to an aromatic ring is 1. The van der Waals surface area contributed by atoms with E-state index in [2.05, 4.69) is 4.98 Å². The number of ether oxygens (including phenoxy) is 2. The van der Waals surface area contributed by atoms with Crippen LogP contribution in [0.1, 0.15) is 25.7 Å². The third-order valence-corrected chi connectivity index (χ3v) is 3.02. The molecule has 2 atom stereocenters. The number of rotatable bonds is 0. The van der Waals surface area contributed by atoms with E-state index in [0.29, 0.717) is 17.3 Å². The molecule has 15 heavy (non-hydrogen) atoms. The van der Waals surface area contributed by atoms with E-state index < -0.39 is 0 Å². The highest BCUT2D eigenvalue weighted by Crippen LogP contribution is 2.37. The Morgan fingerprint density at radius 1 is 1.20 bits per heavy atom. The zero-order valence-electron chi connectivity index (χ0n) is 8.48. The molecule has 2 heterocycles. The molecule has 80 valence electrons. The van der Waals surface area contributed by atoms with Crippen LogP contribution in [-0.4, -0.2) is 17.2 Å². The first-order valence-electron chi connectivity index (χ1n) is 5.42. The van der Waals surface area contributed by atoms with Gasteiger partial charge in [-0.15, -0.1) is 0 Å². The van der Waals surface area contributed by atoms with E-state index in [4.69, 9.17) is 15.2 Å². The second kappa shape index (κ2) is 3.29. The van der Waals surface area contributed by atoms with Gasteiger partial charge in [0.1, 0.15) is 12.2 Å². The molecule has 2 aliphatic rings. The Balaban J connectivity index is 1.92. The van der Waals surface area contributed by atoms with Crippen molar-refractivity contribution >= 4 is 5.69 Å². The minimum absolute atomic E-state index is 0.183. The number of anilines is 1. The number of fused-ring (bicyclic) bond motifs is 2. The summed E-state index contributed by atoms with van der Waals surface area (Å²) in [6.45, 7) is 0. The lowest BCUT2D eigenvalue weighted by molar-refractivity contribution is -0.00975. The fraction of sp³-hybridized carbons (Fsp3) is 0.545. The molecule has 4 heteroatoms. The van der Waals surface area contributed by atoms with Crippen LogP contribution in [0.5, 0.6) is 11.6 Å². The lowest BCUT2D eigenvalue weighted by Gasteiger charge is -2.36. The highest BCUT2D eigenvalue weighted by Gasteiger charge is 2.34. The minimum Gasteiger partial charge on any atom is -0.481 e. The van der Waals surface area contributed by atoms with Gasteiger partial charge in [-0.25, -0.2) is 4.98 Å². The van der Waals surface area contributed by atoms with E-state index >= 15 is 0 Å². The van der Waals surface area contributed by atoms with E-state index in [1.165, 1.54) is 12.8 Å². The van der Waals surface area contributed by atoms with Crippen molar-refractivity contribution in [1.29, 1.82) is 0 Å². The van der Waals surface area contributed by atoms with Gasteiger partial charge in [0, 0.05) is 6.07 Å². The number of pyridine rings is 1. The molecular weight excluding hydrogens is 192 g/mol. The molecule has 1 aromatic rings. The second-order valence-corrected chi connectivity index (χ2v) is 4.17. The van der Waals surface area contributed by atoms with Gasteiger partial charge in [-0.05, 0) is 25.7 Å². The van der Waals surface area contributed by atoms with E-state index in [0.717, 1.165) is 12.8 Å². The van der Waals surface area contributed by atoms with Gasteiger partial charge in [-0.1, -0.05) is 0 Å². The van der Waals surface area contributed by atoms with Crippen molar-refractivity contribution in [2.24, 2.45) is 0 Å². The van der Waals surface area contributed by atoms with Crippen LogP contribution in [0.4, 0.5) is 5.69 Å². The van der Waals surface area contributed by atoms with Crippen molar-refractivity contribution < 1.29 is 9.47 Å². The summed E-state index contributed by atoms with van der Waals surface area (Å²) < 4.78 is 11.6. The van der Waals surface area contributed by atoms with Crippen molar-refractivity contribution in [1.82, 2.24) is 4.98 Å². The van der Waals surface area contributed by atoms with Crippen molar-refractivity contribution in [2.75, 3.05) is 5.73 Å². The van der Waals surface area contributed by atoms with Gasteiger partial charge >= 0.3 is 0 Å². The summed E-state index contributed by atoms with van der Waals surface area (Å²) in [7, 11) is 0. The maximum Gasteiger partial charge on any atom is 0.257 e. The Kier molecular flexibility index (Phi) is 1.94. The fourth-order valence-electron chi connectivity index (χ4n) is 2.26. The molecule has 1 aliphatic carbocycles. The van der Waals surface area contributed by atoms with Crippen LogP contribution < -0.4 is 15.2 Å². The maximum absolute atomic E-state index is 5.85. The highest BCUT2D eigenvalue weighted by molar-refractivity contribution is 5.47. The summed E-state index contributed by atoms with van der Waals surface area (Å²) >= 11 is 0. The van der Waals surface area contributed by atoms with E-state index in [9.17, 15) is 0 Å². The number of hydrogen-bond donors (Lipinski definition) is 1. The standard InChI is InChI=1S/C11H14N2O2/c12-7-5-10-11(13-6-7)15-9-4-2-1-3-8(9)14-10/h5-6,8-9H,1-4,12H2. The summed E-state index contributed by atoms with van der Waals surface area (Å²) in [4.78, 5) is 4.14. The molecular formula is C11H14N2O2. The van der Waals surface area contributed by atoms with Crippen LogP contribution in [0, 0.1) is 0 Å². The minimum atomic E-state index is 0.183. The van der Waals surface area contributed by atoms with Crippen LogP contribution in [0.15, 0.2) is 12.3 Å². The van der Waals surface area contributed by atoms with Gasteiger partial charge in [0.15, 0.2) is 5.75 Å². The average molecular weight is 206 g/mol. The molecule has 2 N–H and O–H groups in total. The summed E-state index contributed by atoms with van der Waals surface area (Å²) in [5.74, 6) is 1.28. The molecule has 0 saturated heterocycles. The molecule has 1 saturated carbocycles. The summed E-state index contributed by atoms with van der Waals surface area (Å²) in [6, 6.07) is 1.78. The number of hydrogen-bond acceptors (Lipinski definition) is 4. The number of nitrogens with zero attached hydrogens (tertiary/aromatic N) is 1. The van der Waals surface area contributed by atoms with Crippen molar-refractivity contribution in [3.8, 4) is 11.6 Å². The molecule has 1 fully saturated rings. The number of nitrogens with two attached hydrogens (primary N) is 1. The third kappa shape index (κ3) is 1.50. The van der Waals surface area contributed by atoms with Crippen LogP contribution in [0.2, 0.25) is 0 Å². The number of aromatic nitrogens is 1. The van der Waals surface area contributed by atoms with E-state index in [-0.39, 0.29) is 12.2 Å². The Labute approximate surface area is 88.4 Å². The predicted molar refractivity (Wildman–Crippen MR) is 55.9 cm³/mol. The van der Waals surface area contributed by atoms with E-state index in [1.54, 1.807) is 12.3 Å². The first-order valence-corrected chi connectivity index (χ1v) is 5.42. The lowest BCUT2D eigenvalue weighted by atomic mass is 9.94. The van der Waals surface area contributed by atoms with Gasteiger partial charge in [-0.2, -0.15) is 0 Å². The Morgan fingerprint density at radius 3 is 2.73 bits per heavy atom. The van der Waals surface area contributed by atoms with Gasteiger partial charge in [0.2, 0.25) is 0 Å². The molecule has 0 amide bonds. The molecule has 4 nitrogen and oxygen atoms in total. The largest absolute Gasteiger partial charge is 0.481 e. The third-order valence-electron chi connectivity index (χ3n) is 3.02. The van der Waals surface area contributed by atoms with Crippen molar-refractivity contribution in [3.63, 3.8) is 0 Å². The Morgan fingerprint density at radius 2 is 1.93 bits per heavy atom. The molecule has 2 unspecified atom stereocenters. The summed E-state index contributed by atoms with van der Waals surface area (Å²) in [5.41, 5.74) is 6.27. The summed E-state index contributed by atoms with van der Waals surface area (Å²) in [5, 5.41) is 0. The molecule has 1 aliphatic heterocycles. The quantitative estimate of drug-likeness (QED) is 0.702. The van der Waals surface area contributed by atoms with Crippen molar-refractivity contribution in [2.45, 2.75) is 37.9 Å². The molecule has 0 aromatic carbocycles. The smallest absolute Gasteiger partial charge is 0.257 e. The van der Waals surface area contributed by atoms with Gasteiger partial charge in [0.25, 0.3) is 5.88 Å². The van der Waals surface area contributed by atoms with Gasteiger partial charge in [0.05, 0.1) is 11.9 Å². The molecule has 0 bridgehead atoms. The molecule has 1 aromatic heterocycles. The zero-order chi connectivity index (χ0) is 10.3. The normalized spacial score (nSPS) is 28.3. The Bertz CT molecular complexity index is 381. The Hall–Kier alpha value is -1.45. The topological polar surface area (TPSA) is 57.4 Å². The average Bonchev–Trinajstić information content (AvgIpc) is 2.26. The van der Waals surface area contributed by atoms with Gasteiger partial charge < -0.3 is 15.2 Å². The predicted octanol–water partition coefficient (Wildman–Crippen LogP) is 1.75. The van der Waals surface area contributed by atoms with Crippen LogP contribution in [0.25, 0.3) is 0 Å². The highest BCUT2D eigenvalue weighted by atomic mass is 16.6. The van der Waals surface area contributed by atoms with E-state index in [1.807, 2.05) is 0 Å². The van der Waals surface area contributed by atoms with Crippen LogP contribution >= 0.6 is 0 Å². The SMILES string of the molecule is Nc1cnc2c(c1)OC1CCCCC1O2. The van der Waals surface area contributed by atoms with Crippen LogP contribution in [0.3, 0.4) is 0 Å². The zero-order valence-corrected chi connectivity index (χ0v) is 8.48. The molecule has 0 spiro atoms. The fourth-order valence-corrected chi connectivity index (χ4v) is 2.26. The second-order valence-electron chi connectivity index (χ2n) is 4.17. The lowest BCUT2D eigenvalue weighted by Crippen LogP contribution is -2.42. The maximum atomic E-state index is 5.85. The molecule has 0 radical (unpaired) electrons. The monoisotopic (exact) mass is 206 g/mol. The van der Waals surface area contributed by atoms with Crippen molar-refractivity contribution in [3.05, 3.63) is 12.3 Å². The molecule has 3 rings (SSSR count). The first kappa shape index (κ1) is 8.83.